The Morgan fingerprint density at radius 3 is 1.19 bits per heavy atom. The molecule has 0 spiro atoms. The molecule has 0 atom stereocenters. The van der Waals surface area contributed by atoms with Crippen LogP contribution in [0.5, 0.6) is 23.0 Å². The summed E-state index contributed by atoms with van der Waals surface area (Å²) in [7, 11) is 0. The van der Waals surface area contributed by atoms with E-state index in [-0.39, 0.29) is 0 Å². The fourth-order valence-corrected chi connectivity index (χ4v) is 4.26. The van der Waals surface area contributed by atoms with E-state index in [0.29, 0.717) is 36.2 Å². The van der Waals surface area contributed by atoms with Crippen molar-refractivity contribution < 1.29 is 39.2 Å². The minimum atomic E-state index is -1.66. The van der Waals surface area contributed by atoms with E-state index < -0.39 is 24.1 Å². The van der Waals surface area contributed by atoms with Gasteiger partial charge >= 0.3 is 196 Å². The Balaban J connectivity index is 1.33. The van der Waals surface area contributed by atoms with E-state index in [0.717, 1.165) is 11.1 Å². The molecule has 154 valence electrons. The summed E-state index contributed by atoms with van der Waals surface area (Å²) < 4.78 is 23.9. The molecule has 0 heterocycles. The topological polar surface area (TPSA) is 36.9 Å². The summed E-state index contributed by atoms with van der Waals surface area (Å²) in [5.41, 5.74) is 2.22. The Morgan fingerprint density at radius 2 is 0.774 bits per heavy atom. The SMILES string of the molecule is c1ccc(COc2ccccc2[O][Zr][O]c2ccccc2OCc2ccccc2)cc1. The molecule has 31 heavy (non-hydrogen) atoms. The zero-order valence-corrected chi connectivity index (χ0v) is 19.4. The van der Waals surface area contributed by atoms with Crippen molar-refractivity contribution in [3.8, 4) is 23.0 Å². The van der Waals surface area contributed by atoms with Gasteiger partial charge in [-0.25, -0.2) is 0 Å². The van der Waals surface area contributed by atoms with E-state index in [2.05, 4.69) is 0 Å². The van der Waals surface area contributed by atoms with Crippen LogP contribution in [-0.4, -0.2) is 0 Å². The third kappa shape index (κ3) is 6.47. The summed E-state index contributed by atoms with van der Waals surface area (Å²) in [6, 6.07) is 35.5. The first-order valence-electron chi connectivity index (χ1n) is 9.99. The van der Waals surface area contributed by atoms with Crippen LogP contribution in [0, 0.1) is 0 Å². The van der Waals surface area contributed by atoms with Gasteiger partial charge in [0.2, 0.25) is 0 Å². The van der Waals surface area contributed by atoms with Crippen molar-refractivity contribution in [1.29, 1.82) is 0 Å². The maximum absolute atomic E-state index is 6.01. The predicted molar refractivity (Wildman–Crippen MR) is 116 cm³/mol. The van der Waals surface area contributed by atoms with Crippen LogP contribution >= 0.6 is 0 Å². The van der Waals surface area contributed by atoms with Crippen LogP contribution in [0.4, 0.5) is 0 Å². The number of hydrogen-bond donors (Lipinski definition) is 0. The molecular formula is C26H22O4Zr. The van der Waals surface area contributed by atoms with Crippen molar-refractivity contribution in [2.45, 2.75) is 13.2 Å². The average Bonchev–Trinajstić information content (AvgIpc) is 2.84. The Bertz CT molecular complexity index is 984. The first kappa shape index (κ1) is 21.2. The van der Waals surface area contributed by atoms with E-state index in [9.17, 15) is 0 Å². The summed E-state index contributed by atoms with van der Waals surface area (Å²) in [6.45, 7) is 0.979. The van der Waals surface area contributed by atoms with Crippen molar-refractivity contribution in [3.05, 3.63) is 120 Å². The number of rotatable bonds is 10. The van der Waals surface area contributed by atoms with E-state index in [1.54, 1.807) is 0 Å². The molecule has 0 saturated carbocycles. The first-order chi connectivity index (χ1) is 15.4. The van der Waals surface area contributed by atoms with Crippen LogP contribution in [0.3, 0.4) is 0 Å². The zero-order valence-electron chi connectivity index (χ0n) is 16.9. The van der Waals surface area contributed by atoms with Gasteiger partial charge < -0.3 is 0 Å². The third-order valence-corrected chi connectivity index (χ3v) is 5.97. The Labute approximate surface area is 195 Å². The average molecular weight is 490 g/mol. The molecule has 0 aromatic heterocycles. The van der Waals surface area contributed by atoms with Gasteiger partial charge in [0.25, 0.3) is 0 Å². The Hall–Kier alpha value is -3.04. The van der Waals surface area contributed by atoms with Crippen LogP contribution in [-0.2, 0) is 37.3 Å². The second-order valence-corrected chi connectivity index (χ2v) is 8.14. The van der Waals surface area contributed by atoms with Crippen molar-refractivity contribution in [1.82, 2.24) is 0 Å². The van der Waals surface area contributed by atoms with Gasteiger partial charge in [0.05, 0.1) is 0 Å². The molecule has 0 radical (unpaired) electrons. The molecule has 0 fully saturated rings. The standard InChI is InChI=1S/2C13H12O2.Zr/c2*14-12-8-4-5-9-13(12)15-10-11-6-2-1-3-7-11;/h2*1-9,14H,10H2;/q;;+2/p-2. The Morgan fingerprint density at radius 1 is 0.419 bits per heavy atom. The van der Waals surface area contributed by atoms with Crippen molar-refractivity contribution >= 4 is 0 Å². The van der Waals surface area contributed by atoms with Gasteiger partial charge in [-0.3, -0.25) is 0 Å². The summed E-state index contributed by atoms with van der Waals surface area (Å²) in [4.78, 5) is 0. The molecule has 0 aliphatic rings. The molecule has 5 heteroatoms. The summed E-state index contributed by atoms with van der Waals surface area (Å²) in [5.74, 6) is 2.83. The molecule has 0 amide bonds. The van der Waals surface area contributed by atoms with Crippen LogP contribution in [0.1, 0.15) is 11.1 Å². The first-order valence-corrected chi connectivity index (χ1v) is 12.0. The van der Waals surface area contributed by atoms with Gasteiger partial charge in [-0.2, -0.15) is 0 Å². The molecular weight excluding hydrogens is 468 g/mol. The van der Waals surface area contributed by atoms with Gasteiger partial charge in [0, 0.05) is 0 Å². The van der Waals surface area contributed by atoms with Crippen LogP contribution < -0.4 is 15.1 Å². The molecule has 0 unspecified atom stereocenters. The fraction of sp³-hybridized carbons (Fsp3) is 0.0769. The summed E-state index contributed by atoms with van der Waals surface area (Å²) in [5, 5.41) is 0. The van der Waals surface area contributed by atoms with E-state index in [1.807, 2.05) is 109 Å². The molecule has 0 aliphatic heterocycles. The minimum absolute atomic E-state index is 0.489. The number of benzene rings is 4. The van der Waals surface area contributed by atoms with Gasteiger partial charge in [0.15, 0.2) is 0 Å². The zero-order chi connectivity index (χ0) is 21.1. The van der Waals surface area contributed by atoms with Crippen LogP contribution in [0.15, 0.2) is 109 Å². The molecule has 0 bridgehead atoms. The molecule has 0 N–H and O–H groups in total. The maximum atomic E-state index is 6.01. The monoisotopic (exact) mass is 488 g/mol. The molecule has 4 aromatic carbocycles. The van der Waals surface area contributed by atoms with Crippen LogP contribution in [0.25, 0.3) is 0 Å². The number of para-hydroxylation sites is 4. The van der Waals surface area contributed by atoms with Crippen molar-refractivity contribution in [3.63, 3.8) is 0 Å². The molecule has 0 aliphatic carbocycles. The molecule has 0 saturated heterocycles. The summed E-state index contributed by atoms with van der Waals surface area (Å²) >= 11 is -1.66. The summed E-state index contributed by atoms with van der Waals surface area (Å²) in [6.07, 6.45) is 0. The van der Waals surface area contributed by atoms with E-state index >= 15 is 0 Å². The van der Waals surface area contributed by atoms with E-state index in [1.165, 1.54) is 0 Å². The quantitative estimate of drug-likeness (QED) is 0.265. The second-order valence-electron chi connectivity index (χ2n) is 6.73. The Kier molecular flexibility index (Phi) is 7.78. The third-order valence-electron chi connectivity index (χ3n) is 4.48. The normalized spacial score (nSPS) is 10.2. The van der Waals surface area contributed by atoms with Crippen LogP contribution in [0.2, 0.25) is 0 Å². The van der Waals surface area contributed by atoms with Gasteiger partial charge in [-0.1, -0.05) is 0 Å². The molecule has 4 aromatic rings. The fourth-order valence-electron chi connectivity index (χ4n) is 2.89. The van der Waals surface area contributed by atoms with Gasteiger partial charge in [-0.05, 0) is 0 Å². The predicted octanol–water partition coefficient (Wildman–Crippen LogP) is 6.21. The van der Waals surface area contributed by atoms with Crippen molar-refractivity contribution in [2.75, 3.05) is 0 Å². The molecule has 4 nitrogen and oxygen atoms in total. The van der Waals surface area contributed by atoms with Gasteiger partial charge in [-0.15, -0.1) is 0 Å². The molecule has 4 rings (SSSR count). The van der Waals surface area contributed by atoms with Gasteiger partial charge in [0.1, 0.15) is 0 Å². The number of ether oxygens (including phenoxy) is 2. The van der Waals surface area contributed by atoms with E-state index in [4.69, 9.17) is 15.1 Å². The second kappa shape index (κ2) is 11.4. The van der Waals surface area contributed by atoms with Crippen molar-refractivity contribution in [2.24, 2.45) is 0 Å². The number of hydrogen-bond acceptors (Lipinski definition) is 4.